The maximum Gasteiger partial charge on any atom is 0.313 e. The van der Waals surface area contributed by atoms with Gasteiger partial charge in [-0.2, -0.15) is 5.26 Å². The molecule has 1 aliphatic heterocycles. The van der Waals surface area contributed by atoms with E-state index in [4.69, 9.17) is 14.7 Å². The summed E-state index contributed by atoms with van der Waals surface area (Å²) in [6, 6.07) is 7.73. The van der Waals surface area contributed by atoms with Gasteiger partial charge in [0.1, 0.15) is 12.2 Å². The number of ether oxygens (including phenoxy) is 2. The van der Waals surface area contributed by atoms with Crippen molar-refractivity contribution in [3.8, 4) is 6.07 Å². The van der Waals surface area contributed by atoms with Crippen LogP contribution in [0.3, 0.4) is 0 Å². The highest BCUT2D eigenvalue weighted by molar-refractivity contribution is 5.75. The Bertz CT molecular complexity index is 645. The van der Waals surface area contributed by atoms with Gasteiger partial charge in [-0.25, -0.2) is 0 Å². The molecule has 1 aliphatic rings. The molecule has 0 bridgehead atoms. The summed E-state index contributed by atoms with van der Waals surface area (Å²) in [6.07, 6.45) is 1.25. The van der Waals surface area contributed by atoms with E-state index in [-0.39, 0.29) is 18.1 Å². The van der Waals surface area contributed by atoms with Gasteiger partial charge < -0.3 is 9.47 Å². The molecule has 22 heavy (non-hydrogen) atoms. The summed E-state index contributed by atoms with van der Waals surface area (Å²) in [5, 5.41) is 19.7. The number of non-ortho nitro benzene ring substituents is 1. The van der Waals surface area contributed by atoms with Gasteiger partial charge in [-0.3, -0.25) is 14.9 Å². The molecular weight excluding hydrogens is 288 g/mol. The first-order valence-electron chi connectivity index (χ1n) is 6.74. The highest BCUT2D eigenvalue weighted by Gasteiger charge is 2.30. The molecule has 1 heterocycles. The van der Waals surface area contributed by atoms with Crippen molar-refractivity contribution in [2.24, 2.45) is 5.92 Å². The molecule has 0 aliphatic carbocycles. The summed E-state index contributed by atoms with van der Waals surface area (Å²) >= 11 is 0. The Balaban J connectivity index is 2.21. The van der Waals surface area contributed by atoms with Gasteiger partial charge in [0.2, 0.25) is 0 Å². The monoisotopic (exact) mass is 302 g/mol. The number of benzene rings is 1. The minimum atomic E-state index is -0.566. The fourth-order valence-corrected chi connectivity index (χ4v) is 2.21. The third-order valence-electron chi connectivity index (χ3n) is 3.27. The number of hydrogen-bond acceptors (Lipinski definition) is 6. The van der Waals surface area contributed by atoms with Crippen LogP contribution in [0.15, 0.2) is 36.1 Å². The lowest BCUT2D eigenvalue weighted by molar-refractivity contribution is -0.384. The standard InChI is InChI=1S/C15H14N2O5/c1-2-21-15(18)11-7-13(9-16)22-14(8-11)10-3-5-12(6-4-10)17(19)20/h3-7,11,14H,2,8H2,1H3/t11-,14-/m0/s1. The Hall–Kier alpha value is -2.88. The van der Waals surface area contributed by atoms with E-state index in [2.05, 4.69) is 0 Å². The quantitative estimate of drug-likeness (QED) is 0.481. The number of esters is 1. The van der Waals surface area contributed by atoms with Crippen LogP contribution in [-0.2, 0) is 14.3 Å². The van der Waals surface area contributed by atoms with E-state index in [1.165, 1.54) is 18.2 Å². The molecule has 1 aromatic rings. The van der Waals surface area contributed by atoms with Crippen molar-refractivity contribution in [3.05, 3.63) is 51.8 Å². The third kappa shape index (κ3) is 3.41. The molecule has 0 aromatic heterocycles. The first kappa shape index (κ1) is 15.5. The molecule has 0 radical (unpaired) electrons. The van der Waals surface area contributed by atoms with Crippen molar-refractivity contribution in [2.75, 3.05) is 6.61 Å². The van der Waals surface area contributed by atoms with Crippen molar-refractivity contribution in [3.63, 3.8) is 0 Å². The van der Waals surface area contributed by atoms with Gasteiger partial charge in [0.05, 0.1) is 17.4 Å². The van der Waals surface area contributed by atoms with Gasteiger partial charge in [-0.1, -0.05) is 0 Å². The highest BCUT2D eigenvalue weighted by atomic mass is 16.6. The van der Waals surface area contributed by atoms with E-state index in [1.807, 2.05) is 6.07 Å². The highest BCUT2D eigenvalue weighted by Crippen LogP contribution is 2.34. The average Bonchev–Trinajstić information content (AvgIpc) is 2.54. The number of nitriles is 1. The number of rotatable bonds is 4. The molecular formula is C15H14N2O5. The largest absolute Gasteiger partial charge is 0.476 e. The molecule has 0 fully saturated rings. The summed E-state index contributed by atoms with van der Waals surface area (Å²) < 4.78 is 10.5. The number of allylic oxidation sites excluding steroid dienone is 1. The Labute approximate surface area is 126 Å². The molecule has 0 spiro atoms. The van der Waals surface area contributed by atoms with Crippen LogP contribution < -0.4 is 0 Å². The summed E-state index contributed by atoms with van der Waals surface area (Å²) in [5.74, 6) is -0.929. The molecule has 7 nitrogen and oxygen atoms in total. The molecule has 7 heteroatoms. The van der Waals surface area contributed by atoms with Gasteiger partial charge in [0.25, 0.3) is 5.69 Å². The lowest BCUT2D eigenvalue weighted by atomic mass is 9.93. The number of nitrogens with zero attached hydrogens (tertiary/aromatic N) is 2. The first-order valence-corrected chi connectivity index (χ1v) is 6.74. The zero-order valence-electron chi connectivity index (χ0n) is 11.9. The topological polar surface area (TPSA) is 102 Å². The van der Waals surface area contributed by atoms with E-state index in [0.717, 1.165) is 0 Å². The zero-order valence-corrected chi connectivity index (χ0v) is 11.9. The van der Waals surface area contributed by atoms with E-state index in [9.17, 15) is 14.9 Å². The van der Waals surface area contributed by atoms with E-state index >= 15 is 0 Å². The number of nitro benzene ring substituents is 1. The van der Waals surface area contributed by atoms with Crippen LogP contribution in [0.5, 0.6) is 0 Å². The van der Waals surface area contributed by atoms with Crippen LogP contribution in [0.4, 0.5) is 5.69 Å². The fourth-order valence-electron chi connectivity index (χ4n) is 2.21. The summed E-state index contributed by atoms with van der Waals surface area (Å²) in [6.45, 7) is 1.97. The van der Waals surface area contributed by atoms with E-state index in [1.54, 1.807) is 19.1 Å². The molecule has 0 saturated carbocycles. The number of hydrogen-bond donors (Lipinski definition) is 0. The van der Waals surface area contributed by atoms with Crippen molar-refractivity contribution in [1.29, 1.82) is 5.26 Å². The van der Waals surface area contributed by atoms with Gasteiger partial charge in [-0.15, -0.1) is 0 Å². The SMILES string of the molecule is CCOC(=O)[C@H]1C=C(C#N)O[C@H](c2ccc([N+](=O)[O-])cc2)C1. The normalized spacial score (nSPS) is 20.3. The van der Waals surface area contributed by atoms with E-state index in [0.29, 0.717) is 12.0 Å². The number of carbonyl (C=O) groups excluding carboxylic acids is 1. The van der Waals surface area contributed by atoms with Gasteiger partial charge in [0, 0.05) is 18.6 Å². The van der Waals surface area contributed by atoms with Crippen LogP contribution in [0.2, 0.25) is 0 Å². The Morgan fingerprint density at radius 2 is 2.18 bits per heavy atom. The van der Waals surface area contributed by atoms with Crippen LogP contribution >= 0.6 is 0 Å². The molecule has 1 aromatic carbocycles. The van der Waals surface area contributed by atoms with E-state index < -0.39 is 22.9 Å². The number of nitro groups is 1. The smallest absolute Gasteiger partial charge is 0.313 e. The third-order valence-corrected chi connectivity index (χ3v) is 3.27. The Kier molecular flexibility index (Phi) is 4.73. The lowest BCUT2D eigenvalue weighted by Crippen LogP contribution is -2.23. The van der Waals surface area contributed by atoms with Crippen molar-refractivity contribution in [2.45, 2.75) is 19.4 Å². The minimum absolute atomic E-state index is 0.0300. The van der Waals surface area contributed by atoms with Gasteiger partial charge in [-0.05, 0) is 30.7 Å². The summed E-state index contributed by atoms with van der Waals surface area (Å²) in [5.41, 5.74) is 0.637. The van der Waals surface area contributed by atoms with Gasteiger partial charge >= 0.3 is 5.97 Å². The zero-order chi connectivity index (χ0) is 16.1. The van der Waals surface area contributed by atoms with Crippen LogP contribution in [0.25, 0.3) is 0 Å². The second-order valence-electron chi connectivity index (χ2n) is 4.69. The van der Waals surface area contributed by atoms with Crippen molar-refractivity contribution in [1.82, 2.24) is 0 Å². The minimum Gasteiger partial charge on any atom is -0.476 e. The van der Waals surface area contributed by atoms with Crippen LogP contribution in [0.1, 0.15) is 25.0 Å². The fraction of sp³-hybridized carbons (Fsp3) is 0.333. The summed E-state index contributed by atoms with van der Waals surface area (Å²) in [4.78, 5) is 22.0. The van der Waals surface area contributed by atoms with Crippen LogP contribution in [-0.4, -0.2) is 17.5 Å². The molecule has 0 N–H and O–H groups in total. The maximum atomic E-state index is 11.9. The molecule has 114 valence electrons. The van der Waals surface area contributed by atoms with Crippen molar-refractivity contribution >= 4 is 11.7 Å². The Morgan fingerprint density at radius 1 is 1.50 bits per heavy atom. The first-order chi connectivity index (χ1) is 10.5. The predicted molar refractivity (Wildman–Crippen MR) is 75.4 cm³/mol. The van der Waals surface area contributed by atoms with Crippen molar-refractivity contribution < 1.29 is 19.2 Å². The average molecular weight is 302 g/mol. The second-order valence-corrected chi connectivity index (χ2v) is 4.69. The second kappa shape index (κ2) is 6.72. The molecule has 2 rings (SSSR count). The summed E-state index contributed by atoms with van der Waals surface area (Å²) in [7, 11) is 0. The van der Waals surface area contributed by atoms with Crippen LogP contribution in [0, 0.1) is 27.4 Å². The molecule has 0 unspecified atom stereocenters. The lowest BCUT2D eigenvalue weighted by Gasteiger charge is -2.26. The van der Waals surface area contributed by atoms with Gasteiger partial charge in [0.15, 0.2) is 5.76 Å². The maximum absolute atomic E-state index is 11.9. The molecule has 0 amide bonds. The predicted octanol–water partition coefficient (Wildman–Crippen LogP) is 2.64. The molecule has 0 saturated heterocycles. The molecule has 2 atom stereocenters. The number of carbonyl (C=O) groups is 1. The Morgan fingerprint density at radius 3 is 2.73 bits per heavy atom.